The zero-order valence-corrected chi connectivity index (χ0v) is 3.37. The maximum absolute atomic E-state index is 9.00. The summed E-state index contributed by atoms with van der Waals surface area (Å²) in [5.74, 6) is 0. The van der Waals surface area contributed by atoms with Crippen molar-refractivity contribution in [2.24, 2.45) is 11.5 Å². The summed E-state index contributed by atoms with van der Waals surface area (Å²) in [6.07, 6.45) is 0. The van der Waals surface area contributed by atoms with Crippen LogP contribution in [0, 0.1) is 0 Å². The molecule has 0 aliphatic carbocycles. The first-order valence-electron chi connectivity index (χ1n) is 1.15. The molecule has 0 saturated heterocycles. The van der Waals surface area contributed by atoms with E-state index >= 15 is 0 Å². The van der Waals surface area contributed by atoms with Gasteiger partial charge in [0.15, 0.2) is 0 Å². The van der Waals surface area contributed by atoms with Crippen LogP contribution in [-0.4, -0.2) is 16.5 Å². The average molecular weight is 110 g/mol. The fourth-order valence-corrected chi connectivity index (χ4v) is 0. The highest BCUT2D eigenvalue weighted by atomic mass is 17.4. The molecule has 6 nitrogen and oxygen atoms in total. The van der Waals surface area contributed by atoms with Crippen molar-refractivity contribution < 1.29 is 20.3 Å². The van der Waals surface area contributed by atoms with E-state index in [1.165, 1.54) is 0 Å². The molecular weight excluding hydrogens is 104 g/mol. The highest BCUT2D eigenvalue weighted by Crippen LogP contribution is 1.25. The van der Waals surface area contributed by atoms with E-state index < -0.39 is 6.03 Å². The van der Waals surface area contributed by atoms with Gasteiger partial charge in [-0.1, -0.05) is 5.04 Å². The van der Waals surface area contributed by atoms with Gasteiger partial charge < -0.3 is 11.5 Å². The van der Waals surface area contributed by atoms with E-state index in [4.69, 9.17) is 15.3 Å². The third kappa shape index (κ3) is 70.7. The van der Waals surface area contributed by atoms with E-state index in [0.717, 1.165) is 0 Å². The second-order valence-electron chi connectivity index (χ2n) is 0.484. The molecule has 0 aliphatic heterocycles. The number of primary amides is 2. The third-order valence-electron chi connectivity index (χ3n) is 0. The number of rotatable bonds is 0. The fourth-order valence-electron chi connectivity index (χ4n) is 0. The average Bonchev–Trinajstić information content (AvgIpc) is 1.33. The van der Waals surface area contributed by atoms with Crippen LogP contribution in [0.1, 0.15) is 0 Å². The number of urea groups is 1. The number of nitrogens with two attached hydrogens (primary N) is 2. The van der Waals surface area contributed by atoms with Crippen LogP contribution < -0.4 is 11.5 Å². The van der Waals surface area contributed by atoms with Crippen LogP contribution in [-0.2, 0) is 5.04 Å². The van der Waals surface area contributed by atoms with E-state index in [1.807, 2.05) is 0 Å². The quantitative estimate of drug-likeness (QED) is 0.235. The molecule has 44 valence electrons. The lowest BCUT2D eigenvalue weighted by Gasteiger charge is -1.62. The van der Waals surface area contributed by atoms with Gasteiger partial charge in [0, 0.05) is 0 Å². The van der Waals surface area contributed by atoms with Crippen molar-refractivity contribution in [2.75, 3.05) is 0 Å². The van der Waals surface area contributed by atoms with Gasteiger partial charge in [-0.2, -0.15) is 0 Å². The van der Waals surface area contributed by atoms with Crippen molar-refractivity contribution in [3.8, 4) is 0 Å². The van der Waals surface area contributed by atoms with Crippen LogP contribution >= 0.6 is 0 Å². The summed E-state index contributed by atoms with van der Waals surface area (Å²) >= 11 is 0. The molecule has 0 unspecified atom stereocenters. The first-order valence-corrected chi connectivity index (χ1v) is 1.15. The van der Waals surface area contributed by atoms with Crippen LogP contribution in [0.15, 0.2) is 0 Å². The minimum atomic E-state index is -0.833. The van der Waals surface area contributed by atoms with E-state index in [2.05, 4.69) is 16.5 Å². The van der Waals surface area contributed by atoms with Crippen LogP contribution in [0.3, 0.4) is 0 Å². The van der Waals surface area contributed by atoms with Crippen molar-refractivity contribution in [1.29, 1.82) is 0 Å². The SMILES string of the molecule is NC(N)=O.OOO. The number of carbonyl (C=O) groups is 1. The van der Waals surface area contributed by atoms with Gasteiger partial charge in [0.1, 0.15) is 0 Å². The second-order valence-corrected chi connectivity index (χ2v) is 0.484. The first kappa shape index (κ1) is 9.47. The lowest BCUT2D eigenvalue weighted by Crippen LogP contribution is -2.18. The van der Waals surface area contributed by atoms with Crippen molar-refractivity contribution >= 4 is 6.03 Å². The molecule has 0 rings (SSSR count). The standard InChI is InChI=1S/CH4N2O.H2O3/c2-1(3)4;1-3-2/h(H4,2,3,4);1-2H. The summed E-state index contributed by atoms with van der Waals surface area (Å²) < 4.78 is 0. The Morgan fingerprint density at radius 1 is 1.43 bits per heavy atom. The van der Waals surface area contributed by atoms with E-state index in [9.17, 15) is 0 Å². The molecule has 0 aromatic rings. The molecule has 2 amide bonds. The minimum absolute atomic E-state index is 0.833. The Labute approximate surface area is 39.1 Å². The van der Waals surface area contributed by atoms with Crippen LogP contribution in [0.5, 0.6) is 0 Å². The molecule has 6 heteroatoms. The third-order valence-corrected chi connectivity index (χ3v) is 0. The summed E-state index contributed by atoms with van der Waals surface area (Å²) in [5, 5.41) is 15.5. The molecule has 0 heterocycles. The highest BCUT2D eigenvalue weighted by molar-refractivity contribution is 5.69. The lowest BCUT2D eigenvalue weighted by molar-refractivity contribution is -0.465. The molecular formula is CH6N2O4. The van der Waals surface area contributed by atoms with Crippen LogP contribution in [0.2, 0.25) is 0 Å². The number of carbonyl (C=O) groups excluding carboxylic acids is 1. The van der Waals surface area contributed by atoms with Crippen molar-refractivity contribution in [3.05, 3.63) is 0 Å². The van der Waals surface area contributed by atoms with E-state index in [1.54, 1.807) is 0 Å². The molecule has 0 aromatic carbocycles. The summed E-state index contributed by atoms with van der Waals surface area (Å²) in [7, 11) is 0. The Kier molecular flexibility index (Phi) is 12.1. The monoisotopic (exact) mass is 110 g/mol. The van der Waals surface area contributed by atoms with E-state index in [-0.39, 0.29) is 0 Å². The lowest BCUT2D eigenvalue weighted by atomic mass is 11.2. The summed E-state index contributed by atoms with van der Waals surface area (Å²) in [4.78, 5) is 9.00. The number of hydrogen-bond acceptors (Lipinski definition) is 4. The summed E-state index contributed by atoms with van der Waals surface area (Å²) in [5.41, 5.74) is 8.50. The molecule has 7 heavy (non-hydrogen) atoms. The van der Waals surface area contributed by atoms with Crippen LogP contribution in [0.25, 0.3) is 0 Å². The molecule has 0 radical (unpaired) electrons. The van der Waals surface area contributed by atoms with Gasteiger partial charge >= 0.3 is 6.03 Å². The number of hydrogen-bond donors (Lipinski definition) is 4. The largest absolute Gasteiger partial charge is 0.352 e. The summed E-state index contributed by atoms with van der Waals surface area (Å²) in [6.45, 7) is 0. The molecule has 0 aromatic heterocycles. The van der Waals surface area contributed by atoms with Crippen molar-refractivity contribution in [2.45, 2.75) is 0 Å². The fraction of sp³-hybridized carbons (Fsp3) is 0. The molecule has 0 aliphatic rings. The van der Waals surface area contributed by atoms with Gasteiger partial charge in [0.05, 0.1) is 0 Å². The maximum Gasteiger partial charge on any atom is 0.309 e. The smallest absolute Gasteiger partial charge is 0.309 e. The van der Waals surface area contributed by atoms with Crippen molar-refractivity contribution in [1.82, 2.24) is 0 Å². The molecule has 0 atom stereocenters. The Hall–Kier alpha value is -0.850. The Morgan fingerprint density at radius 2 is 1.43 bits per heavy atom. The van der Waals surface area contributed by atoms with Crippen LogP contribution in [0.4, 0.5) is 4.79 Å². The predicted molar refractivity (Wildman–Crippen MR) is 20.1 cm³/mol. The van der Waals surface area contributed by atoms with Gasteiger partial charge in [0.2, 0.25) is 0 Å². The van der Waals surface area contributed by atoms with E-state index in [0.29, 0.717) is 0 Å². The molecule has 0 spiro atoms. The molecule has 0 bridgehead atoms. The minimum Gasteiger partial charge on any atom is -0.352 e. The zero-order chi connectivity index (χ0) is 6.28. The zero-order valence-electron chi connectivity index (χ0n) is 3.37. The predicted octanol–water partition coefficient (Wildman–Crippen LogP) is -1.03. The number of amides is 2. The van der Waals surface area contributed by atoms with Crippen molar-refractivity contribution in [3.63, 3.8) is 0 Å². The van der Waals surface area contributed by atoms with Gasteiger partial charge in [-0.25, -0.2) is 15.3 Å². The Bertz CT molecular complexity index is 41.0. The van der Waals surface area contributed by atoms with Gasteiger partial charge in [-0.3, -0.25) is 0 Å². The maximum atomic E-state index is 9.00. The highest BCUT2D eigenvalue weighted by Gasteiger charge is 1.60. The molecule has 0 saturated carbocycles. The second kappa shape index (κ2) is 8.94. The van der Waals surface area contributed by atoms with Gasteiger partial charge in [-0.05, 0) is 0 Å². The molecule has 0 fully saturated rings. The first-order chi connectivity index (χ1) is 3.15. The molecule has 6 N–H and O–H groups in total. The Balaban J connectivity index is 0. The summed E-state index contributed by atoms with van der Waals surface area (Å²) in [6, 6.07) is -0.833. The Morgan fingerprint density at radius 3 is 1.43 bits per heavy atom. The topological polar surface area (TPSA) is 119 Å². The van der Waals surface area contributed by atoms with Gasteiger partial charge in [-0.15, -0.1) is 0 Å². The van der Waals surface area contributed by atoms with Gasteiger partial charge in [0.25, 0.3) is 0 Å². The normalized spacial score (nSPS) is 6.00.